The molecule has 22 heavy (non-hydrogen) atoms. The van der Waals surface area contributed by atoms with Crippen LogP contribution in [0, 0.1) is 0 Å². The van der Waals surface area contributed by atoms with Crippen molar-refractivity contribution >= 4 is 28.6 Å². The predicted molar refractivity (Wildman–Crippen MR) is 94.5 cm³/mol. The largest absolute Gasteiger partial charge is 0.296 e. The van der Waals surface area contributed by atoms with Crippen LogP contribution in [0.3, 0.4) is 0 Å². The van der Waals surface area contributed by atoms with Crippen LogP contribution in [-0.2, 0) is 6.54 Å². The third kappa shape index (κ3) is 3.29. The van der Waals surface area contributed by atoms with Gasteiger partial charge in [0.2, 0.25) is 0 Å². The zero-order valence-corrected chi connectivity index (χ0v) is 13.2. The summed E-state index contributed by atoms with van der Waals surface area (Å²) in [5.41, 5.74) is 2.19. The molecular weight excluding hydrogens is 292 g/mol. The molecule has 0 aliphatic heterocycles. The number of rotatable bonds is 4. The predicted octanol–water partition coefficient (Wildman–Crippen LogP) is 4.96. The monoisotopic (exact) mass is 308 g/mol. The van der Waals surface area contributed by atoms with Crippen LogP contribution in [0.25, 0.3) is 10.8 Å². The second-order valence-electron chi connectivity index (χ2n) is 5.22. The first kappa shape index (κ1) is 14.6. The Hall–Kier alpha value is -2.32. The van der Waals surface area contributed by atoms with Gasteiger partial charge in [-0.1, -0.05) is 72.3 Å². The summed E-state index contributed by atoms with van der Waals surface area (Å²) < 4.78 is 0. The van der Waals surface area contributed by atoms with Gasteiger partial charge < -0.3 is 0 Å². The summed E-state index contributed by atoms with van der Waals surface area (Å²) in [6.45, 7) is 0.752. The lowest BCUT2D eigenvalue weighted by Crippen LogP contribution is -2.11. The molecule has 0 aliphatic carbocycles. The third-order valence-corrected chi connectivity index (χ3v) is 3.92. The fourth-order valence-electron chi connectivity index (χ4n) is 2.46. The van der Waals surface area contributed by atoms with Crippen LogP contribution in [0.1, 0.15) is 11.1 Å². The van der Waals surface area contributed by atoms with E-state index >= 15 is 0 Å². The lowest BCUT2D eigenvalue weighted by molar-refractivity contribution is 0.350. The number of hydrazone groups is 1. The SMILES string of the molecule is CN(Cc1cccc2ccccc12)/N=C\c1ccccc1Cl. The molecule has 0 saturated heterocycles. The van der Waals surface area contributed by atoms with Crippen LogP contribution < -0.4 is 0 Å². The molecule has 0 unspecified atom stereocenters. The summed E-state index contributed by atoms with van der Waals surface area (Å²) in [6.07, 6.45) is 1.80. The Balaban J connectivity index is 1.79. The van der Waals surface area contributed by atoms with Gasteiger partial charge in [-0.15, -0.1) is 0 Å². The number of hydrogen-bond acceptors (Lipinski definition) is 2. The van der Waals surface area contributed by atoms with Crippen LogP contribution in [-0.4, -0.2) is 18.3 Å². The van der Waals surface area contributed by atoms with Gasteiger partial charge in [-0.05, 0) is 22.4 Å². The van der Waals surface area contributed by atoms with Gasteiger partial charge in [-0.3, -0.25) is 5.01 Å². The van der Waals surface area contributed by atoms with Crippen LogP contribution >= 0.6 is 11.6 Å². The van der Waals surface area contributed by atoms with Crippen LogP contribution in [0.5, 0.6) is 0 Å². The highest BCUT2D eigenvalue weighted by atomic mass is 35.5. The second-order valence-corrected chi connectivity index (χ2v) is 5.63. The molecule has 0 N–H and O–H groups in total. The number of halogens is 1. The maximum Gasteiger partial charge on any atom is 0.0613 e. The highest BCUT2D eigenvalue weighted by Gasteiger charge is 2.02. The fraction of sp³-hybridized carbons (Fsp3) is 0.105. The molecule has 0 amide bonds. The van der Waals surface area contributed by atoms with Crippen molar-refractivity contribution in [1.29, 1.82) is 0 Å². The summed E-state index contributed by atoms with van der Waals surface area (Å²) in [6, 6.07) is 22.5. The van der Waals surface area contributed by atoms with Crippen LogP contribution in [0.2, 0.25) is 5.02 Å². The summed E-state index contributed by atoms with van der Waals surface area (Å²) in [5, 5.41) is 9.64. The molecule has 3 heteroatoms. The average Bonchev–Trinajstić information content (AvgIpc) is 2.54. The highest BCUT2D eigenvalue weighted by molar-refractivity contribution is 6.33. The fourth-order valence-corrected chi connectivity index (χ4v) is 2.64. The molecule has 0 atom stereocenters. The lowest BCUT2D eigenvalue weighted by Gasteiger charge is -2.14. The van der Waals surface area contributed by atoms with Crippen molar-refractivity contribution in [2.24, 2.45) is 5.10 Å². The number of benzene rings is 3. The Morgan fingerprint density at radius 3 is 2.55 bits per heavy atom. The molecule has 0 fully saturated rings. The Kier molecular flexibility index (Phi) is 4.40. The van der Waals surface area contributed by atoms with Gasteiger partial charge in [0, 0.05) is 17.6 Å². The van der Waals surface area contributed by atoms with E-state index in [1.54, 1.807) is 6.21 Å². The van der Waals surface area contributed by atoms with E-state index in [0.717, 1.165) is 12.1 Å². The zero-order chi connectivity index (χ0) is 15.4. The zero-order valence-electron chi connectivity index (χ0n) is 12.4. The third-order valence-electron chi connectivity index (χ3n) is 3.58. The van der Waals surface area contributed by atoms with E-state index in [1.807, 2.05) is 36.3 Å². The maximum atomic E-state index is 6.14. The average molecular weight is 309 g/mol. The Morgan fingerprint density at radius 2 is 1.68 bits per heavy atom. The molecule has 3 aromatic carbocycles. The van der Waals surface area contributed by atoms with Gasteiger partial charge in [-0.2, -0.15) is 5.10 Å². The van der Waals surface area contributed by atoms with E-state index in [0.29, 0.717) is 5.02 Å². The first-order valence-electron chi connectivity index (χ1n) is 7.20. The Bertz CT molecular complexity index is 806. The normalized spacial score (nSPS) is 11.2. The topological polar surface area (TPSA) is 15.6 Å². The first-order valence-corrected chi connectivity index (χ1v) is 7.58. The van der Waals surface area contributed by atoms with Crippen molar-refractivity contribution in [1.82, 2.24) is 5.01 Å². The van der Waals surface area contributed by atoms with Crippen molar-refractivity contribution in [3.05, 3.63) is 82.9 Å². The van der Waals surface area contributed by atoms with E-state index < -0.39 is 0 Å². The van der Waals surface area contributed by atoms with Crippen molar-refractivity contribution in [2.45, 2.75) is 6.54 Å². The molecule has 0 aromatic heterocycles. The van der Waals surface area contributed by atoms with Crippen molar-refractivity contribution in [3.8, 4) is 0 Å². The van der Waals surface area contributed by atoms with E-state index in [9.17, 15) is 0 Å². The van der Waals surface area contributed by atoms with E-state index in [1.165, 1.54) is 16.3 Å². The molecule has 3 aromatic rings. The van der Waals surface area contributed by atoms with Crippen LogP contribution in [0.15, 0.2) is 71.8 Å². The summed E-state index contributed by atoms with van der Waals surface area (Å²) in [7, 11) is 1.97. The van der Waals surface area contributed by atoms with E-state index in [2.05, 4.69) is 47.6 Å². The number of fused-ring (bicyclic) bond motifs is 1. The van der Waals surface area contributed by atoms with Crippen molar-refractivity contribution < 1.29 is 0 Å². The molecule has 2 nitrogen and oxygen atoms in total. The quantitative estimate of drug-likeness (QED) is 0.491. The highest BCUT2D eigenvalue weighted by Crippen LogP contribution is 2.20. The molecule has 110 valence electrons. The maximum absolute atomic E-state index is 6.14. The minimum atomic E-state index is 0.713. The summed E-state index contributed by atoms with van der Waals surface area (Å²) in [5.74, 6) is 0. The Labute approximate surface area is 135 Å². The molecule has 3 rings (SSSR count). The number of nitrogens with zero attached hydrogens (tertiary/aromatic N) is 2. The van der Waals surface area contributed by atoms with Crippen molar-refractivity contribution in [3.63, 3.8) is 0 Å². The number of hydrogen-bond donors (Lipinski definition) is 0. The minimum Gasteiger partial charge on any atom is -0.296 e. The van der Waals surface area contributed by atoms with Gasteiger partial charge in [-0.25, -0.2) is 0 Å². The molecule has 0 radical (unpaired) electrons. The van der Waals surface area contributed by atoms with Gasteiger partial charge in [0.25, 0.3) is 0 Å². The standard InChI is InChI=1S/C19H17ClN2/c1-22(21-13-16-8-3-5-12-19(16)20)14-17-10-6-9-15-7-2-4-11-18(15)17/h2-13H,14H2,1H3/b21-13-. The lowest BCUT2D eigenvalue weighted by atomic mass is 10.0. The van der Waals surface area contributed by atoms with Crippen molar-refractivity contribution in [2.75, 3.05) is 7.05 Å². The van der Waals surface area contributed by atoms with Gasteiger partial charge in [0.05, 0.1) is 12.8 Å². The summed E-state index contributed by atoms with van der Waals surface area (Å²) in [4.78, 5) is 0. The van der Waals surface area contributed by atoms with Gasteiger partial charge >= 0.3 is 0 Å². The van der Waals surface area contributed by atoms with E-state index in [4.69, 9.17) is 11.6 Å². The van der Waals surface area contributed by atoms with Crippen LogP contribution in [0.4, 0.5) is 0 Å². The first-order chi connectivity index (χ1) is 10.7. The van der Waals surface area contributed by atoms with E-state index in [-0.39, 0.29) is 0 Å². The Morgan fingerprint density at radius 1 is 0.955 bits per heavy atom. The summed E-state index contributed by atoms with van der Waals surface area (Å²) >= 11 is 6.14. The van der Waals surface area contributed by atoms with Gasteiger partial charge in [0.15, 0.2) is 0 Å². The van der Waals surface area contributed by atoms with Gasteiger partial charge in [0.1, 0.15) is 0 Å². The molecular formula is C19H17ClN2. The second kappa shape index (κ2) is 6.63. The molecule has 0 saturated carbocycles. The molecule has 0 bridgehead atoms. The molecule has 0 spiro atoms. The molecule has 0 aliphatic rings. The smallest absolute Gasteiger partial charge is 0.0613 e. The molecule has 0 heterocycles. The minimum absolute atomic E-state index is 0.713.